The lowest BCUT2D eigenvalue weighted by Crippen LogP contribution is -2.42. The Bertz CT molecular complexity index is 319. The molecule has 1 aromatic rings. The summed E-state index contributed by atoms with van der Waals surface area (Å²) in [5.41, 5.74) is 1.88. The Balaban J connectivity index is 2.18. The summed E-state index contributed by atoms with van der Waals surface area (Å²) in [6, 6.07) is 5.64. The van der Waals surface area contributed by atoms with E-state index >= 15 is 0 Å². The summed E-state index contributed by atoms with van der Waals surface area (Å²) in [6.07, 6.45) is 0. The summed E-state index contributed by atoms with van der Waals surface area (Å²) in [5.74, 6) is -0.127. The molecule has 1 aliphatic heterocycles. The molecule has 1 saturated heterocycles. The molecule has 0 aliphatic carbocycles. The molecule has 0 radical (unpaired) electrons. The van der Waals surface area contributed by atoms with Crippen molar-refractivity contribution in [3.63, 3.8) is 0 Å². The lowest BCUT2D eigenvalue weighted by Gasteiger charge is -2.25. The summed E-state index contributed by atoms with van der Waals surface area (Å²) in [5, 5.41) is 6.71. The van der Waals surface area contributed by atoms with Crippen LogP contribution in [-0.2, 0) is 0 Å². The first-order valence-electron chi connectivity index (χ1n) is 4.97. The van der Waals surface area contributed by atoms with Crippen LogP contribution in [0.2, 0.25) is 0 Å². The number of hydrogen-bond donors (Lipinski definition) is 2. The minimum absolute atomic E-state index is 0.127. The van der Waals surface area contributed by atoms with E-state index in [9.17, 15) is 4.39 Å². The molecule has 0 saturated carbocycles. The van der Waals surface area contributed by atoms with Crippen molar-refractivity contribution in [1.29, 1.82) is 0 Å². The molecule has 1 fully saturated rings. The van der Waals surface area contributed by atoms with Gasteiger partial charge in [-0.3, -0.25) is 0 Å². The van der Waals surface area contributed by atoms with Crippen molar-refractivity contribution < 1.29 is 4.39 Å². The van der Waals surface area contributed by atoms with Crippen molar-refractivity contribution in [1.82, 2.24) is 10.6 Å². The fourth-order valence-electron chi connectivity index (χ4n) is 1.77. The summed E-state index contributed by atoms with van der Waals surface area (Å²) < 4.78 is 13.0. The summed E-state index contributed by atoms with van der Waals surface area (Å²) >= 11 is 0. The van der Waals surface area contributed by atoms with Crippen LogP contribution in [0, 0.1) is 12.7 Å². The monoisotopic (exact) mass is 194 g/mol. The normalized spacial score (nSPS) is 22.3. The number of rotatable bonds is 1. The van der Waals surface area contributed by atoms with E-state index < -0.39 is 0 Å². The zero-order valence-corrected chi connectivity index (χ0v) is 8.31. The summed E-state index contributed by atoms with van der Waals surface area (Å²) in [4.78, 5) is 0. The van der Waals surface area contributed by atoms with E-state index in [0.717, 1.165) is 30.8 Å². The molecule has 0 bridgehead atoms. The molecule has 0 amide bonds. The minimum atomic E-state index is -0.127. The second-order valence-electron chi connectivity index (χ2n) is 3.72. The third-order valence-corrected chi connectivity index (χ3v) is 2.63. The number of benzene rings is 1. The number of aryl methyl sites for hydroxylation is 1. The van der Waals surface area contributed by atoms with Gasteiger partial charge in [-0.2, -0.15) is 0 Å². The third-order valence-electron chi connectivity index (χ3n) is 2.63. The van der Waals surface area contributed by atoms with E-state index in [1.807, 2.05) is 12.1 Å². The molecule has 2 N–H and O–H groups in total. The predicted octanol–water partition coefficient (Wildman–Crippen LogP) is 1.37. The minimum Gasteiger partial charge on any atom is -0.314 e. The highest BCUT2D eigenvalue weighted by Gasteiger charge is 2.14. The van der Waals surface area contributed by atoms with E-state index in [4.69, 9.17) is 0 Å². The van der Waals surface area contributed by atoms with E-state index in [2.05, 4.69) is 10.6 Å². The van der Waals surface area contributed by atoms with E-state index in [1.54, 1.807) is 13.0 Å². The van der Waals surface area contributed by atoms with Crippen molar-refractivity contribution in [2.75, 3.05) is 19.6 Å². The van der Waals surface area contributed by atoms with Crippen molar-refractivity contribution in [3.05, 3.63) is 35.1 Å². The lowest BCUT2D eigenvalue weighted by molar-refractivity contribution is 0.429. The third kappa shape index (κ3) is 1.94. The maximum atomic E-state index is 13.0. The molecule has 14 heavy (non-hydrogen) atoms. The zero-order chi connectivity index (χ0) is 9.97. The van der Waals surface area contributed by atoms with Crippen molar-refractivity contribution in [3.8, 4) is 0 Å². The second kappa shape index (κ2) is 4.07. The number of nitrogens with one attached hydrogen (secondary N) is 2. The van der Waals surface area contributed by atoms with Crippen LogP contribution >= 0.6 is 0 Å². The van der Waals surface area contributed by atoms with Crippen LogP contribution in [0.4, 0.5) is 4.39 Å². The smallest absolute Gasteiger partial charge is 0.126 e. The molecule has 0 unspecified atom stereocenters. The molecule has 76 valence electrons. The van der Waals surface area contributed by atoms with Crippen LogP contribution in [0.15, 0.2) is 18.2 Å². The highest BCUT2D eigenvalue weighted by Crippen LogP contribution is 2.17. The standard InChI is InChI=1S/C11H15FN2/c1-8-6-9(2-3-10(8)12)11-7-13-4-5-14-11/h2-3,6,11,13-14H,4-5,7H2,1H3/t11-/m1/s1. The Morgan fingerprint density at radius 2 is 2.21 bits per heavy atom. The molecule has 1 heterocycles. The highest BCUT2D eigenvalue weighted by molar-refractivity contribution is 5.27. The molecule has 2 rings (SSSR count). The van der Waals surface area contributed by atoms with Gasteiger partial charge in [-0.25, -0.2) is 4.39 Å². The van der Waals surface area contributed by atoms with Crippen LogP contribution in [0.25, 0.3) is 0 Å². The van der Waals surface area contributed by atoms with Crippen LogP contribution < -0.4 is 10.6 Å². The molecule has 0 spiro atoms. The summed E-state index contributed by atoms with van der Waals surface area (Å²) in [7, 11) is 0. The molecule has 3 heteroatoms. The topological polar surface area (TPSA) is 24.1 Å². The molecule has 1 atom stereocenters. The first kappa shape index (κ1) is 9.62. The largest absolute Gasteiger partial charge is 0.314 e. The number of halogens is 1. The van der Waals surface area contributed by atoms with Gasteiger partial charge >= 0.3 is 0 Å². The van der Waals surface area contributed by atoms with Crippen LogP contribution in [0.5, 0.6) is 0 Å². The van der Waals surface area contributed by atoms with Gasteiger partial charge in [-0.1, -0.05) is 12.1 Å². The predicted molar refractivity (Wildman–Crippen MR) is 54.8 cm³/mol. The van der Waals surface area contributed by atoms with E-state index in [-0.39, 0.29) is 5.82 Å². The Morgan fingerprint density at radius 1 is 1.36 bits per heavy atom. The second-order valence-corrected chi connectivity index (χ2v) is 3.72. The fraction of sp³-hybridized carbons (Fsp3) is 0.455. The van der Waals surface area contributed by atoms with Crippen molar-refractivity contribution in [2.45, 2.75) is 13.0 Å². The van der Waals surface area contributed by atoms with Gasteiger partial charge in [-0.15, -0.1) is 0 Å². The van der Waals surface area contributed by atoms with Crippen LogP contribution in [0.3, 0.4) is 0 Å². The van der Waals surface area contributed by atoms with Gasteiger partial charge in [0.25, 0.3) is 0 Å². The molecule has 1 aliphatic rings. The Morgan fingerprint density at radius 3 is 2.86 bits per heavy atom. The van der Waals surface area contributed by atoms with Crippen molar-refractivity contribution >= 4 is 0 Å². The molecular formula is C11H15FN2. The quantitative estimate of drug-likeness (QED) is 0.705. The maximum Gasteiger partial charge on any atom is 0.126 e. The maximum absolute atomic E-state index is 13.0. The first-order chi connectivity index (χ1) is 6.77. The average molecular weight is 194 g/mol. The van der Waals surface area contributed by atoms with Gasteiger partial charge in [0.05, 0.1) is 0 Å². The van der Waals surface area contributed by atoms with Gasteiger partial charge in [0, 0.05) is 25.7 Å². The highest BCUT2D eigenvalue weighted by atomic mass is 19.1. The summed E-state index contributed by atoms with van der Waals surface area (Å²) in [6.45, 7) is 4.71. The Hall–Kier alpha value is -0.930. The van der Waals surface area contributed by atoms with Gasteiger partial charge < -0.3 is 10.6 Å². The average Bonchev–Trinajstić information content (AvgIpc) is 2.23. The van der Waals surface area contributed by atoms with Gasteiger partial charge in [0.1, 0.15) is 5.82 Å². The Kier molecular flexibility index (Phi) is 2.79. The van der Waals surface area contributed by atoms with E-state index in [1.165, 1.54) is 0 Å². The SMILES string of the molecule is Cc1cc([C@H]2CNCCN2)ccc1F. The molecule has 0 aromatic heterocycles. The number of hydrogen-bond acceptors (Lipinski definition) is 2. The number of piperazine rings is 1. The fourth-order valence-corrected chi connectivity index (χ4v) is 1.77. The zero-order valence-electron chi connectivity index (χ0n) is 8.31. The lowest BCUT2D eigenvalue weighted by atomic mass is 10.0. The molecule has 1 aromatic carbocycles. The van der Waals surface area contributed by atoms with Crippen LogP contribution in [-0.4, -0.2) is 19.6 Å². The van der Waals surface area contributed by atoms with Crippen molar-refractivity contribution in [2.24, 2.45) is 0 Å². The Labute approximate surface area is 83.5 Å². The molecule has 2 nitrogen and oxygen atoms in total. The van der Waals surface area contributed by atoms with E-state index in [0.29, 0.717) is 6.04 Å². The van der Waals surface area contributed by atoms with Gasteiger partial charge in [0.2, 0.25) is 0 Å². The van der Waals surface area contributed by atoms with Gasteiger partial charge in [-0.05, 0) is 24.1 Å². The van der Waals surface area contributed by atoms with Gasteiger partial charge in [0.15, 0.2) is 0 Å². The van der Waals surface area contributed by atoms with Crippen LogP contribution in [0.1, 0.15) is 17.2 Å². The first-order valence-corrected chi connectivity index (χ1v) is 4.97. The molecular weight excluding hydrogens is 179 g/mol.